The van der Waals surface area contributed by atoms with Gasteiger partial charge in [0.2, 0.25) is 0 Å². The average Bonchev–Trinajstić information content (AvgIpc) is 3.03. The summed E-state index contributed by atoms with van der Waals surface area (Å²) in [5, 5.41) is 7.73. The molecule has 88 valence electrons. The first-order chi connectivity index (χ1) is 8.20. The molecular formula is C11H12ClN5. The summed E-state index contributed by atoms with van der Waals surface area (Å²) in [5.74, 6) is 2.05. The maximum atomic E-state index is 5.98. The van der Waals surface area contributed by atoms with E-state index in [-0.39, 0.29) is 0 Å². The lowest BCUT2D eigenvalue weighted by atomic mass is 10.4. The van der Waals surface area contributed by atoms with Crippen LogP contribution in [0.5, 0.6) is 0 Å². The zero-order valence-corrected chi connectivity index (χ0v) is 10.1. The Bertz CT molecular complexity index is 547. The van der Waals surface area contributed by atoms with Crippen molar-refractivity contribution in [3.8, 4) is 0 Å². The Morgan fingerprint density at radius 2 is 2.24 bits per heavy atom. The van der Waals surface area contributed by atoms with Crippen LogP contribution in [-0.2, 0) is 7.05 Å². The van der Waals surface area contributed by atoms with Crippen LogP contribution in [0, 0.1) is 0 Å². The Hall–Kier alpha value is -1.62. The summed E-state index contributed by atoms with van der Waals surface area (Å²) in [6.45, 7) is 0. The molecule has 6 heteroatoms. The highest BCUT2D eigenvalue weighted by Gasteiger charge is 2.27. The molecule has 0 spiro atoms. The molecule has 3 rings (SSSR count). The first kappa shape index (κ1) is 10.5. The molecule has 0 aliphatic heterocycles. The Balaban J connectivity index is 1.86. The minimum atomic E-state index is 0.480. The molecule has 1 aliphatic carbocycles. The summed E-state index contributed by atoms with van der Waals surface area (Å²) >= 11 is 5.98. The van der Waals surface area contributed by atoms with Gasteiger partial charge in [0, 0.05) is 25.2 Å². The lowest BCUT2D eigenvalue weighted by Gasteiger charge is -2.05. The second kappa shape index (κ2) is 4.00. The van der Waals surface area contributed by atoms with Crippen molar-refractivity contribution in [2.75, 3.05) is 5.32 Å². The number of aromatic nitrogens is 4. The molecule has 0 atom stereocenters. The number of hydrogen-bond donors (Lipinski definition) is 1. The van der Waals surface area contributed by atoms with Gasteiger partial charge in [0.15, 0.2) is 0 Å². The number of nitrogens with one attached hydrogen (secondary N) is 1. The molecule has 0 unspecified atom stereocenters. The number of aryl methyl sites for hydroxylation is 1. The fourth-order valence-corrected chi connectivity index (χ4v) is 1.85. The molecule has 0 aromatic carbocycles. The molecular weight excluding hydrogens is 238 g/mol. The van der Waals surface area contributed by atoms with Crippen molar-refractivity contribution in [2.45, 2.75) is 18.8 Å². The van der Waals surface area contributed by atoms with Crippen LogP contribution < -0.4 is 5.32 Å². The number of nitrogens with zero attached hydrogens (tertiary/aromatic N) is 4. The lowest BCUT2D eigenvalue weighted by Crippen LogP contribution is -1.99. The van der Waals surface area contributed by atoms with Crippen LogP contribution in [0.4, 0.5) is 11.5 Å². The number of hydrogen-bond acceptors (Lipinski definition) is 4. The number of halogens is 1. The van der Waals surface area contributed by atoms with Gasteiger partial charge in [0.1, 0.15) is 16.8 Å². The van der Waals surface area contributed by atoms with Gasteiger partial charge < -0.3 is 5.32 Å². The van der Waals surface area contributed by atoms with Crippen molar-refractivity contribution in [2.24, 2.45) is 7.05 Å². The second-order valence-corrected chi connectivity index (χ2v) is 4.62. The first-order valence-corrected chi connectivity index (χ1v) is 5.88. The van der Waals surface area contributed by atoms with Gasteiger partial charge in [0.25, 0.3) is 0 Å². The van der Waals surface area contributed by atoms with Gasteiger partial charge in [-0.3, -0.25) is 4.68 Å². The zero-order chi connectivity index (χ0) is 11.8. The highest BCUT2D eigenvalue weighted by molar-refractivity contribution is 6.29. The number of anilines is 2. The van der Waals surface area contributed by atoms with E-state index in [1.54, 1.807) is 16.9 Å². The SMILES string of the molecule is Cn1cc(Nc2cc(Cl)nc(C3CC3)n2)cn1. The van der Waals surface area contributed by atoms with Gasteiger partial charge in [-0.25, -0.2) is 9.97 Å². The second-order valence-electron chi connectivity index (χ2n) is 4.24. The Morgan fingerprint density at radius 3 is 2.88 bits per heavy atom. The van der Waals surface area contributed by atoms with Gasteiger partial charge >= 0.3 is 0 Å². The van der Waals surface area contributed by atoms with Crippen molar-refractivity contribution >= 4 is 23.1 Å². The van der Waals surface area contributed by atoms with Crippen LogP contribution >= 0.6 is 11.6 Å². The monoisotopic (exact) mass is 249 g/mol. The standard InChI is InChI=1S/C11H12ClN5/c1-17-6-8(5-13-17)14-10-4-9(12)15-11(16-10)7-2-3-7/h4-7H,2-3H2,1H3,(H,14,15,16). The minimum absolute atomic E-state index is 0.480. The summed E-state index contributed by atoms with van der Waals surface area (Å²) in [5.41, 5.74) is 0.893. The third kappa shape index (κ3) is 2.39. The summed E-state index contributed by atoms with van der Waals surface area (Å²) in [7, 11) is 1.87. The van der Waals surface area contributed by atoms with Gasteiger partial charge in [0.05, 0.1) is 11.9 Å². The van der Waals surface area contributed by atoms with E-state index in [1.807, 2.05) is 13.2 Å². The highest BCUT2D eigenvalue weighted by Crippen LogP contribution is 2.38. The molecule has 1 aliphatic rings. The predicted molar refractivity (Wildman–Crippen MR) is 65.5 cm³/mol. The highest BCUT2D eigenvalue weighted by atomic mass is 35.5. The van der Waals surface area contributed by atoms with Crippen LogP contribution in [0.3, 0.4) is 0 Å². The minimum Gasteiger partial charge on any atom is -0.338 e. The van der Waals surface area contributed by atoms with Crippen LogP contribution in [0.1, 0.15) is 24.6 Å². The summed E-state index contributed by atoms with van der Waals surface area (Å²) in [6.07, 6.45) is 5.94. The normalized spacial score (nSPS) is 14.9. The molecule has 2 heterocycles. The van der Waals surface area contributed by atoms with E-state index in [4.69, 9.17) is 11.6 Å². The average molecular weight is 250 g/mol. The van der Waals surface area contributed by atoms with Gasteiger partial charge in [-0.15, -0.1) is 0 Å². The lowest BCUT2D eigenvalue weighted by molar-refractivity contribution is 0.768. The van der Waals surface area contributed by atoms with E-state index in [1.165, 1.54) is 0 Å². The van der Waals surface area contributed by atoms with Gasteiger partial charge in [-0.1, -0.05) is 11.6 Å². The fourth-order valence-electron chi connectivity index (χ4n) is 1.66. The van der Waals surface area contributed by atoms with Crippen molar-refractivity contribution < 1.29 is 0 Å². The Kier molecular flexibility index (Phi) is 2.48. The molecule has 17 heavy (non-hydrogen) atoms. The molecule has 0 amide bonds. The van der Waals surface area contributed by atoms with Crippen molar-refractivity contribution in [1.29, 1.82) is 0 Å². The maximum absolute atomic E-state index is 5.98. The van der Waals surface area contributed by atoms with Crippen molar-refractivity contribution in [3.63, 3.8) is 0 Å². The van der Waals surface area contributed by atoms with E-state index >= 15 is 0 Å². The molecule has 2 aromatic heterocycles. The van der Waals surface area contributed by atoms with Crippen LogP contribution in [0.25, 0.3) is 0 Å². The van der Waals surface area contributed by atoms with E-state index in [0.29, 0.717) is 11.1 Å². The van der Waals surface area contributed by atoms with E-state index < -0.39 is 0 Å². The van der Waals surface area contributed by atoms with Gasteiger partial charge in [-0.05, 0) is 12.8 Å². The molecule has 0 saturated heterocycles. The van der Waals surface area contributed by atoms with E-state index in [9.17, 15) is 0 Å². The third-order valence-corrected chi connectivity index (χ3v) is 2.83. The van der Waals surface area contributed by atoms with Crippen LogP contribution in [0.15, 0.2) is 18.5 Å². The van der Waals surface area contributed by atoms with Crippen LogP contribution in [-0.4, -0.2) is 19.7 Å². The molecule has 5 nitrogen and oxygen atoms in total. The maximum Gasteiger partial charge on any atom is 0.135 e. The summed E-state index contributed by atoms with van der Waals surface area (Å²) in [4.78, 5) is 8.69. The van der Waals surface area contributed by atoms with Crippen molar-refractivity contribution in [3.05, 3.63) is 29.4 Å². The van der Waals surface area contributed by atoms with Gasteiger partial charge in [-0.2, -0.15) is 5.10 Å². The smallest absolute Gasteiger partial charge is 0.135 e. The summed E-state index contributed by atoms with van der Waals surface area (Å²) in [6, 6.07) is 1.72. The molecule has 1 saturated carbocycles. The largest absolute Gasteiger partial charge is 0.338 e. The topological polar surface area (TPSA) is 55.6 Å². The molecule has 2 aromatic rings. The predicted octanol–water partition coefficient (Wildman–Crippen LogP) is 2.48. The Labute approximate surface area is 104 Å². The quantitative estimate of drug-likeness (QED) is 0.849. The van der Waals surface area contributed by atoms with Crippen molar-refractivity contribution in [1.82, 2.24) is 19.7 Å². The molecule has 0 bridgehead atoms. The fraction of sp³-hybridized carbons (Fsp3) is 0.364. The van der Waals surface area contributed by atoms with E-state index in [0.717, 1.165) is 30.2 Å². The Morgan fingerprint density at radius 1 is 1.41 bits per heavy atom. The first-order valence-electron chi connectivity index (χ1n) is 5.51. The molecule has 1 fully saturated rings. The zero-order valence-electron chi connectivity index (χ0n) is 9.39. The van der Waals surface area contributed by atoms with E-state index in [2.05, 4.69) is 20.4 Å². The number of rotatable bonds is 3. The molecule has 1 N–H and O–H groups in total. The molecule has 0 radical (unpaired) electrons. The summed E-state index contributed by atoms with van der Waals surface area (Å²) < 4.78 is 1.73. The third-order valence-electron chi connectivity index (χ3n) is 2.63. The van der Waals surface area contributed by atoms with Crippen LogP contribution in [0.2, 0.25) is 5.15 Å².